The highest BCUT2D eigenvalue weighted by Gasteiger charge is 2.37. The number of amides is 1. The van der Waals surface area contributed by atoms with Gasteiger partial charge in [0.2, 0.25) is 5.91 Å². The number of carbonyl (C=O) groups is 1. The maximum Gasteiger partial charge on any atom is 0.219 e. The Morgan fingerprint density at radius 3 is 1.88 bits per heavy atom. The van der Waals surface area contributed by atoms with E-state index >= 15 is 0 Å². The van der Waals surface area contributed by atoms with Crippen molar-refractivity contribution in [1.82, 2.24) is 5.32 Å². The van der Waals surface area contributed by atoms with E-state index in [0.717, 1.165) is 56.5 Å². The molecule has 0 saturated heterocycles. The molecule has 0 radical (unpaired) electrons. The summed E-state index contributed by atoms with van der Waals surface area (Å²) < 4.78 is 0.995. The van der Waals surface area contributed by atoms with E-state index in [0.29, 0.717) is 6.42 Å². The van der Waals surface area contributed by atoms with Crippen LogP contribution in [0.4, 0.5) is 0 Å². The van der Waals surface area contributed by atoms with Gasteiger partial charge in [-0.15, -0.1) is 0 Å². The second kappa shape index (κ2) is 22.9. The lowest BCUT2D eigenvalue weighted by molar-refractivity contribution is -0.850. The first-order chi connectivity index (χ1) is 19.7. The number of benzene rings is 1. The van der Waals surface area contributed by atoms with E-state index in [1.54, 1.807) is 0 Å². The first kappa shape index (κ1) is 34.5. The number of hydrogen-bond acceptors (Lipinski definition) is 2. The molecule has 0 spiro atoms. The van der Waals surface area contributed by atoms with Crippen molar-refractivity contribution in [3.05, 3.63) is 35.9 Å². The van der Waals surface area contributed by atoms with Crippen LogP contribution >= 0.6 is 0 Å². The Kier molecular flexibility index (Phi) is 19.8. The Balaban J connectivity index is 1.68. The maximum atomic E-state index is 12.4. The third kappa shape index (κ3) is 15.4. The Bertz CT molecular complexity index is 778. The fraction of sp³-hybridized carbons (Fsp3) is 0.778. The highest BCUT2D eigenvalue weighted by molar-refractivity contribution is 5.77. The second-order valence-corrected chi connectivity index (χ2v) is 12.4. The summed E-state index contributed by atoms with van der Waals surface area (Å²) in [7, 11) is 0. The third-order valence-corrected chi connectivity index (χ3v) is 8.79. The second-order valence-electron chi connectivity index (χ2n) is 12.4. The zero-order valence-corrected chi connectivity index (χ0v) is 26.6. The lowest BCUT2D eigenvalue weighted by Crippen LogP contribution is -2.51. The van der Waals surface area contributed by atoms with Gasteiger partial charge in [-0.05, 0) is 12.8 Å². The van der Waals surface area contributed by atoms with Crippen LogP contribution in [0, 0.1) is 0 Å². The van der Waals surface area contributed by atoms with Crippen LogP contribution in [-0.2, 0) is 11.3 Å². The lowest BCUT2D eigenvalue weighted by atomic mass is 10.1. The number of rotatable bonds is 26. The number of hydrogen-bond donors (Lipinski definition) is 1. The minimum absolute atomic E-state index is 0.238. The van der Waals surface area contributed by atoms with E-state index in [4.69, 9.17) is 4.99 Å². The van der Waals surface area contributed by atoms with Gasteiger partial charge in [0, 0.05) is 31.4 Å². The molecule has 228 valence electrons. The first-order valence-electron chi connectivity index (χ1n) is 17.4. The van der Waals surface area contributed by atoms with Crippen LogP contribution in [0.1, 0.15) is 154 Å². The third-order valence-electron chi connectivity index (χ3n) is 8.79. The van der Waals surface area contributed by atoms with Gasteiger partial charge in [0.1, 0.15) is 13.1 Å². The standard InChI is InChI=1S/C36H63N3O/c1-3-5-7-9-11-13-15-17-22-27-35-37-30-32-39(35,33-34-25-20-19-21-26-34)31-24-29-38-36(40)28-23-18-16-14-12-10-8-6-4-2/h19-21,25-26H,3-18,22-24,27-33H2,1-2H3/p+1/t39-/m0/s1. The van der Waals surface area contributed by atoms with Crippen LogP contribution < -0.4 is 5.32 Å². The van der Waals surface area contributed by atoms with Crippen molar-refractivity contribution >= 4 is 11.7 Å². The highest BCUT2D eigenvalue weighted by atomic mass is 16.1. The molecule has 1 aliphatic heterocycles. The lowest BCUT2D eigenvalue weighted by Gasteiger charge is -2.35. The Morgan fingerprint density at radius 2 is 1.27 bits per heavy atom. The first-order valence-corrected chi connectivity index (χ1v) is 17.4. The van der Waals surface area contributed by atoms with Crippen molar-refractivity contribution in [3.63, 3.8) is 0 Å². The van der Waals surface area contributed by atoms with E-state index in [1.165, 1.54) is 121 Å². The summed E-state index contributed by atoms with van der Waals surface area (Å²) in [5.41, 5.74) is 1.40. The maximum absolute atomic E-state index is 12.4. The summed E-state index contributed by atoms with van der Waals surface area (Å²) in [6.07, 6.45) is 26.8. The van der Waals surface area contributed by atoms with Crippen molar-refractivity contribution in [2.24, 2.45) is 4.99 Å². The molecule has 0 aromatic heterocycles. The predicted molar refractivity (Wildman–Crippen MR) is 174 cm³/mol. The molecule has 0 saturated carbocycles. The zero-order chi connectivity index (χ0) is 28.6. The monoisotopic (exact) mass is 555 g/mol. The van der Waals surface area contributed by atoms with Crippen molar-refractivity contribution in [1.29, 1.82) is 0 Å². The SMILES string of the molecule is CCCCCCCCCCCC(=O)NCCC[N@@+]1(Cc2ccccc2)CCN=C1CCCCCCCCCCC. The van der Waals surface area contributed by atoms with E-state index < -0.39 is 0 Å². The van der Waals surface area contributed by atoms with Crippen molar-refractivity contribution in [3.8, 4) is 0 Å². The highest BCUT2D eigenvalue weighted by Crippen LogP contribution is 2.25. The van der Waals surface area contributed by atoms with Crippen LogP contribution in [0.15, 0.2) is 35.3 Å². The van der Waals surface area contributed by atoms with Gasteiger partial charge in [-0.3, -0.25) is 9.28 Å². The number of aliphatic imine (C=N–C) groups is 1. The molecule has 4 heteroatoms. The topological polar surface area (TPSA) is 41.5 Å². The van der Waals surface area contributed by atoms with Crippen LogP contribution in [-0.4, -0.2) is 42.4 Å². The average molecular weight is 555 g/mol. The molecular weight excluding hydrogens is 490 g/mol. The van der Waals surface area contributed by atoms with Gasteiger partial charge >= 0.3 is 0 Å². The Morgan fingerprint density at radius 1 is 0.725 bits per heavy atom. The smallest absolute Gasteiger partial charge is 0.219 e. The van der Waals surface area contributed by atoms with Gasteiger partial charge in [0.05, 0.1) is 13.1 Å². The van der Waals surface area contributed by atoms with Gasteiger partial charge < -0.3 is 5.32 Å². The molecule has 1 amide bonds. The normalized spacial score (nSPS) is 16.8. The minimum atomic E-state index is 0.238. The minimum Gasteiger partial charge on any atom is -0.356 e. The Labute approximate surface area is 248 Å². The molecule has 1 aromatic carbocycles. The Hall–Kier alpha value is -1.68. The molecule has 40 heavy (non-hydrogen) atoms. The van der Waals surface area contributed by atoms with Gasteiger partial charge in [-0.25, -0.2) is 4.99 Å². The van der Waals surface area contributed by atoms with Crippen molar-refractivity contribution in [2.45, 2.75) is 155 Å². The van der Waals surface area contributed by atoms with E-state index in [9.17, 15) is 4.79 Å². The van der Waals surface area contributed by atoms with Gasteiger partial charge in [-0.2, -0.15) is 0 Å². The predicted octanol–water partition coefficient (Wildman–Crippen LogP) is 9.76. The van der Waals surface area contributed by atoms with Crippen LogP contribution in [0.2, 0.25) is 0 Å². The van der Waals surface area contributed by atoms with Crippen molar-refractivity contribution < 1.29 is 9.28 Å². The van der Waals surface area contributed by atoms with Gasteiger partial charge in [0.25, 0.3) is 0 Å². The van der Waals surface area contributed by atoms with Crippen molar-refractivity contribution in [2.75, 3.05) is 26.2 Å². The van der Waals surface area contributed by atoms with E-state index in [1.807, 2.05) is 0 Å². The largest absolute Gasteiger partial charge is 0.356 e. The molecule has 0 bridgehead atoms. The summed E-state index contributed by atoms with van der Waals surface area (Å²) in [6, 6.07) is 11.0. The van der Waals surface area contributed by atoms with E-state index in [2.05, 4.69) is 49.5 Å². The number of unbranched alkanes of at least 4 members (excludes halogenated alkanes) is 16. The molecular formula is C36H64N3O+. The molecule has 4 nitrogen and oxygen atoms in total. The average Bonchev–Trinajstić information content (AvgIpc) is 3.36. The summed E-state index contributed by atoms with van der Waals surface area (Å²) in [5.74, 6) is 1.65. The molecule has 0 aliphatic carbocycles. The zero-order valence-electron chi connectivity index (χ0n) is 26.6. The number of amidine groups is 1. The number of nitrogens with one attached hydrogen (secondary N) is 1. The van der Waals surface area contributed by atoms with Crippen LogP contribution in [0.25, 0.3) is 0 Å². The molecule has 1 N–H and O–H groups in total. The number of nitrogens with zero attached hydrogens (tertiary/aromatic N) is 2. The summed E-state index contributed by atoms with van der Waals surface area (Å²) in [4.78, 5) is 17.5. The van der Waals surface area contributed by atoms with Crippen LogP contribution in [0.5, 0.6) is 0 Å². The molecule has 0 fully saturated rings. The van der Waals surface area contributed by atoms with Gasteiger partial charge in [-0.1, -0.05) is 147 Å². The molecule has 0 unspecified atom stereocenters. The molecule has 1 heterocycles. The summed E-state index contributed by atoms with van der Waals surface area (Å²) >= 11 is 0. The summed E-state index contributed by atoms with van der Waals surface area (Å²) in [5, 5.41) is 3.22. The fourth-order valence-corrected chi connectivity index (χ4v) is 6.28. The van der Waals surface area contributed by atoms with Crippen LogP contribution in [0.3, 0.4) is 0 Å². The molecule has 2 rings (SSSR count). The molecule has 1 aromatic rings. The fourth-order valence-electron chi connectivity index (χ4n) is 6.28. The quantitative estimate of drug-likeness (QED) is 0.0898. The molecule has 1 aliphatic rings. The number of quaternary nitrogens is 1. The number of carbonyl (C=O) groups excluding carboxylic acids is 1. The van der Waals surface area contributed by atoms with E-state index in [-0.39, 0.29) is 5.91 Å². The summed E-state index contributed by atoms with van der Waals surface area (Å²) in [6.45, 7) is 9.51. The van der Waals surface area contributed by atoms with Gasteiger partial charge in [0.15, 0.2) is 5.84 Å². The molecule has 1 atom stereocenters.